The molecule has 1 aromatic heterocycles. The Labute approximate surface area is 198 Å². The maximum atomic E-state index is 12.7. The molecule has 176 valence electrons. The molecule has 1 aliphatic heterocycles. The number of likely N-dealkylation sites (tertiary alicyclic amines) is 1. The number of rotatable bonds is 9. The maximum absolute atomic E-state index is 12.7. The van der Waals surface area contributed by atoms with Gasteiger partial charge in [0.05, 0.1) is 24.7 Å². The van der Waals surface area contributed by atoms with Crippen LogP contribution in [-0.2, 0) is 9.59 Å². The summed E-state index contributed by atoms with van der Waals surface area (Å²) < 4.78 is 11.0. The molecular weight excluding hydrogens is 446 g/mol. The van der Waals surface area contributed by atoms with Crippen molar-refractivity contribution in [3.63, 3.8) is 0 Å². The second-order valence-corrected chi connectivity index (χ2v) is 8.34. The molecule has 1 fully saturated rings. The number of halogens is 1. The summed E-state index contributed by atoms with van der Waals surface area (Å²) in [4.78, 5) is 42.6. The van der Waals surface area contributed by atoms with E-state index in [0.29, 0.717) is 60.4 Å². The van der Waals surface area contributed by atoms with Crippen molar-refractivity contribution in [3.05, 3.63) is 47.1 Å². The van der Waals surface area contributed by atoms with Gasteiger partial charge in [0, 0.05) is 31.3 Å². The largest absolute Gasteiger partial charge is 0.493 e. The lowest BCUT2D eigenvalue weighted by atomic mass is 9.96. The van der Waals surface area contributed by atoms with E-state index in [-0.39, 0.29) is 23.5 Å². The number of methoxy groups -OCH3 is 1. The Hall–Kier alpha value is -3.13. The van der Waals surface area contributed by atoms with Gasteiger partial charge in [0.1, 0.15) is 5.82 Å². The molecule has 0 aliphatic carbocycles. The molecule has 1 N–H and O–H groups in total. The Morgan fingerprint density at radius 2 is 2.03 bits per heavy atom. The van der Waals surface area contributed by atoms with Gasteiger partial charge in [0.15, 0.2) is 17.3 Å². The molecule has 0 bridgehead atoms. The summed E-state index contributed by atoms with van der Waals surface area (Å²) in [5.74, 6) is 0.974. The molecule has 1 aliphatic rings. The lowest BCUT2D eigenvalue weighted by molar-refractivity contribution is -0.134. The van der Waals surface area contributed by atoms with Crippen LogP contribution in [0.2, 0.25) is 5.02 Å². The zero-order chi connectivity index (χ0) is 23.8. The van der Waals surface area contributed by atoms with Crippen molar-refractivity contribution in [2.75, 3.05) is 32.1 Å². The number of hydrogen-bond donors (Lipinski definition) is 1. The number of anilines is 1. The van der Waals surface area contributed by atoms with Crippen LogP contribution < -0.4 is 14.8 Å². The van der Waals surface area contributed by atoms with Crippen LogP contribution in [-0.4, -0.2) is 54.3 Å². The summed E-state index contributed by atoms with van der Waals surface area (Å²) in [5, 5.41) is 3.29. The number of benzene rings is 1. The molecule has 2 aromatic rings. The third kappa shape index (κ3) is 6.92. The Morgan fingerprint density at radius 1 is 1.21 bits per heavy atom. The van der Waals surface area contributed by atoms with Gasteiger partial charge in [-0.2, -0.15) is 0 Å². The fourth-order valence-electron chi connectivity index (χ4n) is 3.67. The van der Waals surface area contributed by atoms with Crippen molar-refractivity contribution in [3.8, 4) is 11.5 Å². The number of amides is 2. The fraction of sp³-hybridized carbons (Fsp3) is 0.417. The highest BCUT2D eigenvalue weighted by Gasteiger charge is 2.28. The molecule has 33 heavy (non-hydrogen) atoms. The lowest BCUT2D eigenvalue weighted by Crippen LogP contribution is -2.43. The minimum atomic E-state index is -0.277. The number of carbonyl (C=O) groups excluding carboxylic acids is 3. The van der Waals surface area contributed by atoms with Crippen LogP contribution in [0.4, 0.5) is 5.82 Å². The van der Waals surface area contributed by atoms with E-state index in [9.17, 15) is 14.4 Å². The first-order valence-corrected chi connectivity index (χ1v) is 11.3. The van der Waals surface area contributed by atoms with Gasteiger partial charge in [-0.1, -0.05) is 11.6 Å². The van der Waals surface area contributed by atoms with Gasteiger partial charge < -0.3 is 19.7 Å². The van der Waals surface area contributed by atoms with Crippen molar-refractivity contribution in [2.24, 2.45) is 5.92 Å². The fourth-order valence-corrected chi connectivity index (χ4v) is 3.78. The zero-order valence-electron chi connectivity index (χ0n) is 18.8. The van der Waals surface area contributed by atoms with E-state index in [2.05, 4.69) is 10.3 Å². The van der Waals surface area contributed by atoms with Gasteiger partial charge in [0.25, 0.3) is 0 Å². The zero-order valence-corrected chi connectivity index (χ0v) is 19.6. The van der Waals surface area contributed by atoms with E-state index < -0.39 is 0 Å². The van der Waals surface area contributed by atoms with E-state index in [1.807, 2.05) is 0 Å². The molecule has 3 rings (SSSR count). The predicted octanol–water partition coefficient (Wildman–Crippen LogP) is 3.98. The average Bonchev–Trinajstić information content (AvgIpc) is 2.83. The average molecular weight is 474 g/mol. The number of ketones is 1. The summed E-state index contributed by atoms with van der Waals surface area (Å²) in [6, 6.07) is 8.33. The number of carbonyl (C=O) groups is 3. The monoisotopic (exact) mass is 473 g/mol. The Kier molecular flexibility index (Phi) is 8.65. The highest BCUT2D eigenvalue weighted by molar-refractivity contribution is 6.30. The molecule has 1 aromatic carbocycles. The normalized spacial score (nSPS) is 15.6. The molecule has 1 unspecified atom stereocenters. The van der Waals surface area contributed by atoms with Gasteiger partial charge in [-0.05, 0) is 56.5 Å². The predicted molar refractivity (Wildman–Crippen MR) is 125 cm³/mol. The second-order valence-electron chi connectivity index (χ2n) is 7.90. The topological polar surface area (TPSA) is 97.8 Å². The number of nitrogens with one attached hydrogen (secondary N) is 1. The van der Waals surface area contributed by atoms with Crippen molar-refractivity contribution in [1.29, 1.82) is 0 Å². The Balaban J connectivity index is 1.45. The number of nitrogens with zero attached hydrogens (tertiary/aromatic N) is 2. The highest BCUT2D eigenvalue weighted by atomic mass is 35.5. The molecule has 2 heterocycles. The number of aromatic nitrogens is 1. The molecule has 9 heteroatoms. The van der Waals surface area contributed by atoms with Crippen LogP contribution >= 0.6 is 11.6 Å². The third-order valence-electron chi connectivity index (χ3n) is 5.49. The van der Waals surface area contributed by atoms with Gasteiger partial charge >= 0.3 is 0 Å². The molecule has 0 radical (unpaired) electrons. The second kappa shape index (κ2) is 11.7. The smallest absolute Gasteiger partial charge is 0.230 e. The summed E-state index contributed by atoms with van der Waals surface area (Å²) in [6.45, 7) is 2.86. The van der Waals surface area contributed by atoms with Crippen LogP contribution in [0, 0.1) is 5.92 Å². The van der Waals surface area contributed by atoms with Crippen molar-refractivity contribution < 1.29 is 23.9 Å². The van der Waals surface area contributed by atoms with E-state index in [1.165, 1.54) is 20.2 Å². The van der Waals surface area contributed by atoms with E-state index in [4.69, 9.17) is 21.1 Å². The number of ether oxygens (including phenoxy) is 2. The third-order valence-corrected chi connectivity index (χ3v) is 5.71. The molecular formula is C24H28ClN3O5. The highest BCUT2D eigenvalue weighted by Crippen LogP contribution is 2.28. The summed E-state index contributed by atoms with van der Waals surface area (Å²) in [7, 11) is 1.52. The molecule has 1 saturated heterocycles. The maximum Gasteiger partial charge on any atom is 0.230 e. The first kappa shape index (κ1) is 24.5. The van der Waals surface area contributed by atoms with E-state index >= 15 is 0 Å². The van der Waals surface area contributed by atoms with Gasteiger partial charge in [-0.3, -0.25) is 14.4 Å². The summed E-state index contributed by atoms with van der Waals surface area (Å²) in [6.07, 6.45) is 3.82. The lowest BCUT2D eigenvalue weighted by Gasteiger charge is -2.32. The van der Waals surface area contributed by atoms with E-state index in [0.717, 1.165) is 12.8 Å². The quantitative estimate of drug-likeness (QED) is 0.437. The van der Waals surface area contributed by atoms with Gasteiger partial charge in [-0.15, -0.1) is 0 Å². The van der Waals surface area contributed by atoms with Crippen LogP contribution in [0.1, 0.15) is 43.0 Å². The van der Waals surface area contributed by atoms with E-state index in [1.54, 1.807) is 35.2 Å². The first-order chi connectivity index (χ1) is 15.9. The van der Waals surface area contributed by atoms with Gasteiger partial charge in [-0.25, -0.2) is 4.98 Å². The van der Waals surface area contributed by atoms with Crippen LogP contribution in [0.15, 0.2) is 36.5 Å². The number of Topliss-reactive ketones (excluding diaryl/α,β-unsaturated/α-hetero) is 1. The Morgan fingerprint density at radius 3 is 2.73 bits per heavy atom. The molecule has 0 spiro atoms. The minimum Gasteiger partial charge on any atom is -0.493 e. The van der Waals surface area contributed by atoms with Crippen molar-refractivity contribution in [2.45, 2.75) is 32.6 Å². The van der Waals surface area contributed by atoms with Crippen LogP contribution in [0.3, 0.4) is 0 Å². The van der Waals surface area contributed by atoms with Crippen LogP contribution in [0.25, 0.3) is 0 Å². The standard InChI is InChI=1S/C24H28ClN3O5/c1-16(29)17-7-9-20(21(13-17)32-2)33-12-4-6-23(30)28-11-3-5-18(15-28)24(31)27-22-10-8-19(25)14-26-22/h7-10,13-14,18H,3-6,11-12,15H2,1-2H3,(H,26,27,31). The Bertz CT molecular complexity index is 996. The number of pyridine rings is 1. The molecule has 8 nitrogen and oxygen atoms in total. The van der Waals surface area contributed by atoms with Crippen molar-refractivity contribution >= 4 is 35.0 Å². The SMILES string of the molecule is COc1cc(C(C)=O)ccc1OCCCC(=O)N1CCCC(C(=O)Nc2ccc(Cl)cn2)C1. The summed E-state index contributed by atoms with van der Waals surface area (Å²) in [5.41, 5.74) is 0.546. The molecule has 2 amide bonds. The number of hydrogen-bond acceptors (Lipinski definition) is 6. The summed E-state index contributed by atoms with van der Waals surface area (Å²) >= 11 is 5.82. The minimum absolute atomic E-state index is 0.000361. The van der Waals surface area contributed by atoms with Crippen LogP contribution in [0.5, 0.6) is 11.5 Å². The first-order valence-electron chi connectivity index (χ1n) is 10.9. The molecule has 0 saturated carbocycles. The van der Waals surface area contributed by atoms with Gasteiger partial charge in [0.2, 0.25) is 11.8 Å². The van der Waals surface area contributed by atoms with Crippen molar-refractivity contribution in [1.82, 2.24) is 9.88 Å². The molecule has 1 atom stereocenters. The number of piperidine rings is 1.